The highest BCUT2D eigenvalue weighted by Crippen LogP contribution is 2.11. The Morgan fingerprint density at radius 1 is 1.56 bits per heavy atom. The molecule has 2 heterocycles. The molecular formula is C11H13N5O2. The van der Waals surface area contributed by atoms with Gasteiger partial charge in [-0.15, -0.1) is 5.10 Å². The Bertz CT molecular complexity index is 526. The quantitative estimate of drug-likeness (QED) is 0.814. The summed E-state index contributed by atoms with van der Waals surface area (Å²) < 4.78 is 1.76. The van der Waals surface area contributed by atoms with Crippen molar-refractivity contribution in [3.05, 3.63) is 36.3 Å². The third-order valence-corrected chi connectivity index (χ3v) is 2.35. The van der Waals surface area contributed by atoms with Crippen LogP contribution in [0.1, 0.15) is 17.3 Å². The van der Waals surface area contributed by atoms with Crippen LogP contribution in [-0.4, -0.2) is 37.1 Å². The first-order valence-electron chi connectivity index (χ1n) is 5.46. The Kier molecular flexibility index (Phi) is 3.52. The molecule has 0 aliphatic heterocycles. The van der Waals surface area contributed by atoms with E-state index in [1.165, 1.54) is 12.3 Å². The molecule has 1 unspecified atom stereocenters. The zero-order valence-electron chi connectivity index (χ0n) is 9.82. The number of aromatic nitrogens is 4. The summed E-state index contributed by atoms with van der Waals surface area (Å²) in [5.74, 6) is -0.761. The van der Waals surface area contributed by atoms with Gasteiger partial charge < -0.3 is 10.4 Å². The van der Waals surface area contributed by atoms with Crippen LogP contribution in [-0.2, 0) is 6.54 Å². The first-order chi connectivity index (χ1) is 8.66. The molecule has 2 N–H and O–H groups in total. The second kappa shape index (κ2) is 5.26. The molecule has 1 atom stereocenters. The second-order valence-corrected chi connectivity index (χ2v) is 3.87. The monoisotopic (exact) mass is 247 g/mol. The van der Waals surface area contributed by atoms with E-state index in [0.717, 1.165) is 0 Å². The molecule has 2 aromatic heterocycles. The lowest BCUT2D eigenvalue weighted by Gasteiger charge is -2.15. The van der Waals surface area contributed by atoms with Crippen molar-refractivity contribution in [2.75, 3.05) is 5.32 Å². The van der Waals surface area contributed by atoms with Crippen molar-refractivity contribution in [3.8, 4) is 0 Å². The van der Waals surface area contributed by atoms with Gasteiger partial charge in [0.1, 0.15) is 5.56 Å². The summed E-state index contributed by atoms with van der Waals surface area (Å²) in [7, 11) is 0. The largest absolute Gasteiger partial charge is 0.478 e. The van der Waals surface area contributed by atoms with Gasteiger partial charge in [0.05, 0.1) is 12.7 Å². The van der Waals surface area contributed by atoms with Crippen molar-refractivity contribution in [3.63, 3.8) is 0 Å². The van der Waals surface area contributed by atoms with E-state index in [2.05, 4.69) is 20.6 Å². The van der Waals surface area contributed by atoms with E-state index >= 15 is 0 Å². The zero-order chi connectivity index (χ0) is 13.0. The van der Waals surface area contributed by atoms with E-state index in [1.807, 2.05) is 19.2 Å². The van der Waals surface area contributed by atoms with Gasteiger partial charge in [-0.2, -0.15) is 10.2 Å². The van der Waals surface area contributed by atoms with Gasteiger partial charge in [0.25, 0.3) is 0 Å². The van der Waals surface area contributed by atoms with Crippen LogP contribution in [0.25, 0.3) is 0 Å². The molecule has 94 valence electrons. The fraction of sp³-hybridized carbons (Fsp3) is 0.273. The van der Waals surface area contributed by atoms with Gasteiger partial charge in [-0.25, -0.2) is 4.79 Å². The Morgan fingerprint density at radius 2 is 2.39 bits per heavy atom. The normalized spacial score (nSPS) is 12.1. The summed E-state index contributed by atoms with van der Waals surface area (Å²) in [6.07, 6.45) is 4.89. The zero-order valence-corrected chi connectivity index (χ0v) is 9.82. The van der Waals surface area contributed by atoms with Crippen molar-refractivity contribution < 1.29 is 9.90 Å². The number of carboxylic acids is 1. The number of nitrogens with zero attached hydrogens (tertiary/aromatic N) is 4. The van der Waals surface area contributed by atoms with Gasteiger partial charge in [-0.1, -0.05) is 0 Å². The highest BCUT2D eigenvalue weighted by atomic mass is 16.4. The van der Waals surface area contributed by atoms with Crippen LogP contribution < -0.4 is 5.32 Å². The Balaban J connectivity index is 2.07. The molecule has 0 aromatic carbocycles. The van der Waals surface area contributed by atoms with Crippen molar-refractivity contribution in [2.24, 2.45) is 0 Å². The van der Waals surface area contributed by atoms with Gasteiger partial charge in [0.15, 0.2) is 5.82 Å². The maximum Gasteiger partial charge on any atom is 0.339 e. The number of anilines is 1. The molecular weight excluding hydrogens is 234 g/mol. The minimum absolute atomic E-state index is 0.0142. The molecule has 0 fully saturated rings. The van der Waals surface area contributed by atoms with Crippen LogP contribution in [0.2, 0.25) is 0 Å². The molecule has 0 aliphatic carbocycles. The van der Waals surface area contributed by atoms with E-state index in [1.54, 1.807) is 10.9 Å². The van der Waals surface area contributed by atoms with Crippen molar-refractivity contribution in [1.82, 2.24) is 20.0 Å². The molecule has 2 aromatic rings. The molecule has 2 rings (SSSR count). The van der Waals surface area contributed by atoms with Gasteiger partial charge >= 0.3 is 5.97 Å². The number of hydrogen-bond acceptors (Lipinski definition) is 5. The number of nitrogens with one attached hydrogen (secondary N) is 1. The minimum atomic E-state index is -1.03. The Labute approximate surface area is 103 Å². The summed E-state index contributed by atoms with van der Waals surface area (Å²) in [4.78, 5) is 11.0. The van der Waals surface area contributed by atoms with Gasteiger partial charge in [-0.05, 0) is 19.1 Å². The predicted octanol–water partition coefficient (Wildman–Crippen LogP) is 0.872. The number of aromatic carboxylic acids is 1. The number of carbonyl (C=O) groups is 1. The van der Waals surface area contributed by atoms with Crippen LogP contribution in [0, 0.1) is 0 Å². The summed E-state index contributed by atoms with van der Waals surface area (Å²) in [5.41, 5.74) is 0.109. The average molecular weight is 247 g/mol. The summed E-state index contributed by atoms with van der Waals surface area (Å²) in [5, 5.41) is 23.6. The highest BCUT2D eigenvalue weighted by Gasteiger charge is 2.13. The fourth-order valence-corrected chi connectivity index (χ4v) is 1.58. The van der Waals surface area contributed by atoms with E-state index in [-0.39, 0.29) is 17.4 Å². The number of hydrogen-bond donors (Lipinski definition) is 2. The van der Waals surface area contributed by atoms with E-state index in [4.69, 9.17) is 5.11 Å². The molecule has 0 saturated heterocycles. The molecule has 0 spiro atoms. The fourth-order valence-electron chi connectivity index (χ4n) is 1.58. The van der Waals surface area contributed by atoms with Crippen molar-refractivity contribution >= 4 is 11.8 Å². The Hall–Kier alpha value is -2.44. The lowest BCUT2D eigenvalue weighted by Crippen LogP contribution is -2.24. The lowest BCUT2D eigenvalue weighted by atomic mass is 10.2. The summed E-state index contributed by atoms with van der Waals surface area (Å²) >= 11 is 0. The standard InChI is InChI=1S/C11H13N5O2/c1-8(7-16-6-2-4-13-16)14-10-9(11(17)18)3-5-12-15-10/h2-6,8H,7H2,1H3,(H,14,15)(H,17,18). The molecule has 0 amide bonds. The van der Waals surface area contributed by atoms with E-state index in [9.17, 15) is 4.79 Å². The third-order valence-electron chi connectivity index (χ3n) is 2.35. The maximum atomic E-state index is 11.0. The Morgan fingerprint density at radius 3 is 3.06 bits per heavy atom. The molecule has 18 heavy (non-hydrogen) atoms. The second-order valence-electron chi connectivity index (χ2n) is 3.87. The third kappa shape index (κ3) is 2.82. The number of carboxylic acid groups (broad SMARTS) is 1. The van der Waals surface area contributed by atoms with Crippen LogP contribution in [0.15, 0.2) is 30.7 Å². The summed E-state index contributed by atoms with van der Waals surface area (Å²) in [6.45, 7) is 2.53. The highest BCUT2D eigenvalue weighted by molar-refractivity contribution is 5.92. The molecule has 0 saturated carbocycles. The molecule has 7 heteroatoms. The smallest absolute Gasteiger partial charge is 0.339 e. The van der Waals surface area contributed by atoms with Crippen LogP contribution >= 0.6 is 0 Å². The maximum absolute atomic E-state index is 11.0. The molecule has 7 nitrogen and oxygen atoms in total. The SMILES string of the molecule is CC(Cn1cccn1)Nc1nnccc1C(=O)O. The topological polar surface area (TPSA) is 92.9 Å². The molecule has 0 aliphatic rings. The number of rotatable bonds is 5. The van der Waals surface area contributed by atoms with Gasteiger partial charge in [0, 0.05) is 18.4 Å². The summed E-state index contributed by atoms with van der Waals surface area (Å²) in [6, 6.07) is 3.23. The van der Waals surface area contributed by atoms with E-state index in [0.29, 0.717) is 6.54 Å². The predicted molar refractivity (Wildman–Crippen MR) is 64.3 cm³/mol. The van der Waals surface area contributed by atoms with Crippen molar-refractivity contribution in [1.29, 1.82) is 0 Å². The average Bonchev–Trinajstić information content (AvgIpc) is 2.82. The first kappa shape index (κ1) is 12.0. The van der Waals surface area contributed by atoms with E-state index < -0.39 is 5.97 Å². The minimum Gasteiger partial charge on any atom is -0.478 e. The molecule has 0 bridgehead atoms. The van der Waals surface area contributed by atoms with Crippen molar-refractivity contribution in [2.45, 2.75) is 19.5 Å². The lowest BCUT2D eigenvalue weighted by molar-refractivity contribution is 0.0697. The van der Waals surface area contributed by atoms with Crippen LogP contribution in [0.3, 0.4) is 0 Å². The van der Waals surface area contributed by atoms with Gasteiger partial charge in [-0.3, -0.25) is 4.68 Å². The van der Waals surface area contributed by atoms with Crippen LogP contribution in [0.4, 0.5) is 5.82 Å². The van der Waals surface area contributed by atoms with Crippen LogP contribution in [0.5, 0.6) is 0 Å². The van der Waals surface area contributed by atoms with Gasteiger partial charge in [0.2, 0.25) is 0 Å². The first-order valence-corrected chi connectivity index (χ1v) is 5.46. The molecule has 0 radical (unpaired) electrons.